The molecule has 34 heavy (non-hydrogen) atoms. The van der Waals surface area contributed by atoms with E-state index in [1.807, 2.05) is 0 Å². The van der Waals surface area contributed by atoms with E-state index in [9.17, 15) is 31.1 Å². The van der Waals surface area contributed by atoms with E-state index in [1.54, 1.807) is 0 Å². The van der Waals surface area contributed by atoms with E-state index in [0.717, 1.165) is 12.1 Å². The predicted molar refractivity (Wildman–Crippen MR) is 106 cm³/mol. The molecule has 13 heteroatoms. The summed E-state index contributed by atoms with van der Waals surface area (Å²) in [5.74, 6) is 0.263. The lowest BCUT2D eigenvalue weighted by Crippen LogP contribution is -2.42. The number of hydrogen-bond acceptors (Lipinski definition) is 6. The van der Waals surface area contributed by atoms with Crippen LogP contribution in [0.1, 0.15) is 11.1 Å². The van der Waals surface area contributed by atoms with E-state index in [4.69, 9.17) is 14.7 Å². The molecule has 0 aliphatic carbocycles. The highest BCUT2D eigenvalue weighted by atomic mass is 19.4. The number of methoxy groups -OCH3 is 1. The zero-order chi connectivity index (χ0) is 25.1. The smallest absolute Gasteiger partial charge is 0.433 e. The number of amides is 1. The SMILES string of the molecule is COC(=O)Nc1ccc(OC[C@H]2CN(c3ccc(C#N)c(C(F)(F)F)c3)[C@@H](C(F)(F)F)O2)cc1. The van der Waals surface area contributed by atoms with Gasteiger partial charge in [-0.2, -0.15) is 31.6 Å². The molecule has 2 aromatic carbocycles. The van der Waals surface area contributed by atoms with E-state index in [2.05, 4.69) is 10.1 Å². The molecule has 0 aromatic heterocycles. The minimum Gasteiger partial charge on any atom is -0.491 e. The van der Waals surface area contributed by atoms with E-state index in [0.29, 0.717) is 16.7 Å². The number of rotatable bonds is 5. The van der Waals surface area contributed by atoms with Crippen LogP contribution in [0.15, 0.2) is 42.5 Å². The quantitative estimate of drug-likeness (QED) is 0.600. The van der Waals surface area contributed by atoms with Crippen molar-refractivity contribution in [2.75, 3.05) is 30.5 Å². The lowest BCUT2D eigenvalue weighted by atomic mass is 10.1. The van der Waals surface area contributed by atoms with Crippen molar-refractivity contribution in [1.82, 2.24) is 0 Å². The Hall–Kier alpha value is -3.66. The number of carbonyl (C=O) groups excluding carboxylic acids is 1. The fraction of sp³-hybridized carbons (Fsp3) is 0.333. The molecule has 1 fully saturated rings. The van der Waals surface area contributed by atoms with Crippen molar-refractivity contribution in [3.63, 3.8) is 0 Å². The highest BCUT2D eigenvalue weighted by molar-refractivity contribution is 5.84. The maximum Gasteiger partial charge on any atom is 0.433 e. The monoisotopic (exact) mass is 489 g/mol. The van der Waals surface area contributed by atoms with Crippen molar-refractivity contribution in [3.8, 4) is 11.8 Å². The molecule has 1 aliphatic heterocycles. The molecule has 1 heterocycles. The van der Waals surface area contributed by atoms with Crippen LogP contribution < -0.4 is 15.0 Å². The average molecular weight is 489 g/mol. The Morgan fingerprint density at radius 1 is 1.18 bits per heavy atom. The second kappa shape index (κ2) is 9.68. The number of benzene rings is 2. The largest absolute Gasteiger partial charge is 0.491 e. The summed E-state index contributed by atoms with van der Waals surface area (Å²) in [6.07, 6.45) is -14.1. The van der Waals surface area contributed by atoms with Crippen LogP contribution in [0.5, 0.6) is 5.75 Å². The van der Waals surface area contributed by atoms with Crippen LogP contribution in [-0.2, 0) is 15.7 Å². The molecule has 0 unspecified atom stereocenters. The van der Waals surface area contributed by atoms with E-state index in [-0.39, 0.29) is 12.4 Å². The lowest BCUT2D eigenvalue weighted by molar-refractivity contribution is -0.215. The fourth-order valence-corrected chi connectivity index (χ4v) is 3.24. The van der Waals surface area contributed by atoms with Crippen LogP contribution in [0.2, 0.25) is 0 Å². The third kappa shape index (κ3) is 5.82. The summed E-state index contributed by atoms with van der Waals surface area (Å²) in [6.45, 7) is -0.732. The summed E-state index contributed by atoms with van der Waals surface area (Å²) in [6, 6.07) is 9.56. The molecule has 1 N–H and O–H groups in total. The zero-order valence-electron chi connectivity index (χ0n) is 17.4. The Labute approximate surface area is 189 Å². The highest BCUT2D eigenvalue weighted by Crippen LogP contribution is 2.39. The molecular formula is C21H17F6N3O4. The average Bonchev–Trinajstić information content (AvgIpc) is 3.22. The third-order valence-electron chi connectivity index (χ3n) is 4.77. The molecule has 2 atom stereocenters. The Kier molecular flexibility index (Phi) is 7.11. The molecule has 3 rings (SSSR count). The standard InChI is InChI=1S/C21H17F6N3O4/c1-32-19(31)29-13-3-6-15(7-4-13)33-11-16-10-30(18(34-16)21(25,26)27)14-5-2-12(9-28)17(8-14)20(22,23)24/h2-8,16,18H,10-11H2,1H3,(H,29,31)/t16-,18-/m1/s1. The number of ether oxygens (including phenoxy) is 3. The molecule has 0 saturated carbocycles. The number of nitriles is 1. The van der Waals surface area contributed by atoms with Gasteiger partial charge < -0.3 is 19.1 Å². The Morgan fingerprint density at radius 2 is 1.85 bits per heavy atom. The number of carbonyl (C=O) groups is 1. The molecule has 1 aliphatic rings. The summed E-state index contributed by atoms with van der Waals surface area (Å²) < 4.78 is 95.4. The number of nitrogens with one attached hydrogen (secondary N) is 1. The number of nitrogens with zero attached hydrogens (tertiary/aromatic N) is 2. The zero-order valence-corrected chi connectivity index (χ0v) is 17.4. The van der Waals surface area contributed by atoms with Crippen LogP contribution in [0, 0.1) is 11.3 Å². The Balaban J connectivity index is 1.75. The molecule has 182 valence electrons. The molecule has 0 radical (unpaired) electrons. The van der Waals surface area contributed by atoms with Crippen LogP contribution in [0.4, 0.5) is 42.5 Å². The maximum atomic E-state index is 13.6. The normalized spacial score (nSPS) is 18.4. The number of halogens is 6. The van der Waals surface area contributed by atoms with Gasteiger partial charge >= 0.3 is 18.4 Å². The summed E-state index contributed by atoms with van der Waals surface area (Å²) in [7, 11) is 1.19. The van der Waals surface area contributed by atoms with Crippen LogP contribution in [-0.4, -0.2) is 44.9 Å². The Morgan fingerprint density at radius 3 is 2.41 bits per heavy atom. The molecule has 1 saturated heterocycles. The summed E-state index contributed by atoms with van der Waals surface area (Å²) >= 11 is 0. The first-order chi connectivity index (χ1) is 15.9. The molecule has 1 amide bonds. The third-order valence-corrected chi connectivity index (χ3v) is 4.77. The van der Waals surface area contributed by atoms with Crippen LogP contribution in [0.25, 0.3) is 0 Å². The molecular weight excluding hydrogens is 472 g/mol. The van der Waals surface area contributed by atoms with Gasteiger partial charge in [0.2, 0.25) is 6.23 Å². The van der Waals surface area contributed by atoms with Crippen molar-refractivity contribution in [3.05, 3.63) is 53.6 Å². The topological polar surface area (TPSA) is 83.8 Å². The second-order valence-corrected chi connectivity index (χ2v) is 7.10. The van der Waals surface area contributed by atoms with Gasteiger partial charge in [-0.3, -0.25) is 5.32 Å². The number of anilines is 2. The van der Waals surface area contributed by atoms with Gasteiger partial charge in [0.25, 0.3) is 0 Å². The first-order valence-electron chi connectivity index (χ1n) is 9.60. The van der Waals surface area contributed by atoms with Gasteiger partial charge in [-0.15, -0.1) is 0 Å². The highest BCUT2D eigenvalue weighted by Gasteiger charge is 2.51. The Bertz CT molecular complexity index is 1070. The molecule has 7 nitrogen and oxygen atoms in total. The number of alkyl halides is 6. The lowest BCUT2D eigenvalue weighted by Gasteiger charge is -2.27. The van der Waals surface area contributed by atoms with Gasteiger partial charge in [-0.25, -0.2) is 4.79 Å². The van der Waals surface area contributed by atoms with Gasteiger partial charge in [-0.05, 0) is 42.5 Å². The van der Waals surface area contributed by atoms with Gasteiger partial charge in [0.15, 0.2) is 0 Å². The van der Waals surface area contributed by atoms with Crippen molar-refractivity contribution in [2.45, 2.75) is 24.7 Å². The molecule has 0 spiro atoms. The van der Waals surface area contributed by atoms with Crippen molar-refractivity contribution < 1.29 is 45.3 Å². The summed E-state index contributed by atoms with van der Waals surface area (Å²) in [5, 5.41) is 11.3. The second-order valence-electron chi connectivity index (χ2n) is 7.10. The van der Waals surface area contributed by atoms with E-state index in [1.165, 1.54) is 37.4 Å². The van der Waals surface area contributed by atoms with Crippen molar-refractivity contribution >= 4 is 17.5 Å². The van der Waals surface area contributed by atoms with Gasteiger partial charge in [-0.1, -0.05) is 0 Å². The minimum absolute atomic E-state index is 0.263. The van der Waals surface area contributed by atoms with E-state index >= 15 is 0 Å². The van der Waals surface area contributed by atoms with Gasteiger partial charge in [0.1, 0.15) is 18.5 Å². The van der Waals surface area contributed by atoms with Gasteiger partial charge in [0.05, 0.1) is 30.9 Å². The minimum atomic E-state index is -4.92. The van der Waals surface area contributed by atoms with E-state index < -0.39 is 54.1 Å². The summed E-state index contributed by atoms with van der Waals surface area (Å²) in [4.78, 5) is 11.8. The predicted octanol–water partition coefficient (Wildman–Crippen LogP) is 4.93. The van der Waals surface area contributed by atoms with Crippen molar-refractivity contribution in [1.29, 1.82) is 5.26 Å². The van der Waals surface area contributed by atoms with Crippen LogP contribution in [0.3, 0.4) is 0 Å². The first kappa shape index (κ1) is 25.0. The first-order valence-corrected chi connectivity index (χ1v) is 9.60. The van der Waals surface area contributed by atoms with Crippen molar-refractivity contribution in [2.24, 2.45) is 0 Å². The molecule has 0 bridgehead atoms. The fourth-order valence-electron chi connectivity index (χ4n) is 3.24. The number of hydrogen-bond donors (Lipinski definition) is 1. The van der Waals surface area contributed by atoms with Gasteiger partial charge in [0, 0.05) is 11.4 Å². The summed E-state index contributed by atoms with van der Waals surface area (Å²) in [5.41, 5.74) is -2.05. The molecule has 2 aromatic rings. The maximum absolute atomic E-state index is 13.6. The van der Waals surface area contributed by atoms with Crippen LogP contribution >= 0.6 is 0 Å².